The van der Waals surface area contributed by atoms with Crippen LogP contribution in [-0.4, -0.2) is 56.6 Å². The van der Waals surface area contributed by atoms with Crippen LogP contribution in [0.25, 0.3) is 0 Å². The molecule has 7 heteroatoms. The van der Waals surface area contributed by atoms with Crippen LogP contribution < -0.4 is 0 Å². The normalized spacial score (nSPS) is 16.5. The molecule has 0 bridgehead atoms. The maximum Gasteiger partial charge on any atom is 0.111 e. The van der Waals surface area contributed by atoms with Crippen molar-refractivity contribution in [3.63, 3.8) is 0 Å². The summed E-state index contributed by atoms with van der Waals surface area (Å²) >= 11 is 11.8. The van der Waals surface area contributed by atoms with Gasteiger partial charge in [-0.25, -0.2) is 0 Å². The Labute approximate surface area is 155 Å². The van der Waals surface area contributed by atoms with Crippen LogP contribution in [0.2, 0.25) is 10.0 Å². The smallest absolute Gasteiger partial charge is 0.111 e. The topological polar surface area (TPSA) is 101 Å². The molecule has 0 radical (unpaired) electrons. The SMILES string of the molecule is OC[C@@H](O)[C@@H](O)[C@H](O)[C@H](O)C(c1ccc(Cl)cc1)c1ccc(Cl)cc1. The highest BCUT2D eigenvalue weighted by molar-refractivity contribution is 6.30. The molecule has 0 heterocycles. The van der Waals surface area contributed by atoms with Crippen LogP contribution in [0.1, 0.15) is 17.0 Å². The largest absolute Gasteiger partial charge is 0.394 e. The zero-order chi connectivity index (χ0) is 18.6. The third-order valence-corrected chi connectivity index (χ3v) is 4.58. The molecule has 2 aromatic rings. The fourth-order valence-electron chi connectivity index (χ4n) is 2.66. The van der Waals surface area contributed by atoms with Gasteiger partial charge in [0.15, 0.2) is 0 Å². The van der Waals surface area contributed by atoms with Crippen LogP contribution in [0.5, 0.6) is 0 Å². The van der Waals surface area contributed by atoms with Crippen molar-refractivity contribution < 1.29 is 25.5 Å². The second kappa shape index (κ2) is 8.96. The minimum absolute atomic E-state index is 0.518. The Morgan fingerprint density at radius 3 is 1.40 bits per heavy atom. The zero-order valence-corrected chi connectivity index (χ0v) is 14.7. The highest BCUT2D eigenvalue weighted by Crippen LogP contribution is 2.32. The van der Waals surface area contributed by atoms with Crippen molar-refractivity contribution in [1.29, 1.82) is 0 Å². The lowest BCUT2D eigenvalue weighted by atomic mass is 9.82. The number of benzene rings is 2. The molecule has 5 N–H and O–H groups in total. The molecular weight excluding hydrogens is 367 g/mol. The number of hydrogen-bond acceptors (Lipinski definition) is 5. The summed E-state index contributed by atoms with van der Waals surface area (Å²) < 4.78 is 0. The lowest BCUT2D eigenvalue weighted by molar-refractivity contribution is -0.117. The fourth-order valence-corrected chi connectivity index (χ4v) is 2.91. The standard InChI is InChI=1S/C18H20Cl2O5/c19-12-5-1-10(2-6-12)15(11-3-7-13(20)8-4-11)17(24)18(25)16(23)14(22)9-21/h1-8,14-18,21-25H,9H2/t14-,16-,17-,18+/m1/s1. The second-order valence-corrected chi connectivity index (χ2v) is 6.68. The van der Waals surface area contributed by atoms with E-state index in [2.05, 4.69) is 0 Å². The van der Waals surface area contributed by atoms with Gasteiger partial charge in [-0.15, -0.1) is 0 Å². The van der Waals surface area contributed by atoms with Gasteiger partial charge in [0.05, 0.1) is 12.7 Å². The first-order chi connectivity index (χ1) is 11.8. The third kappa shape index (κ3) is 4.92. The number of rotatable bonds is 7. The minimum atomic E-state index is -1.71. The van der Waals surface area contributed by atoms with E-state index in [-0.39, 0.29) is 0 Å². The molecule has 25 heavy (non-hydrogen) atoms. The molecule has 4 atom stereocenters. The molecule has 2 rings (SSSR count). The summed E-state index contributed by atoms with van der Waals surface area (Å²) in [7, 11) is 0. The Morgan fingerprint density at radius 2 is 1.04 bits per heavy atom. The zero-order valence-electron chi connectivity index (χ0n) is 13.2. The molecule has 136 valence electrons. The first-order valence-corrected chi connectivity index (χ1v) is 8.44. The quantitative estimate of drug-likeness (QED) is 0.497. The van der Waals surface area contributed by atoms with Crippen molar-refractivity contribution in [3.8, 4) is 0 Å². The lowest BCUT2D eigenvalue weighted by Crippen LogP contribution is -2.48. The van der Waals surface area contributed by atoms with Crippen molar-refractivity contribution in [1.82, 2.24) is 0 Å². The Balaban J connectivity index is 2.40. The van der Waals surface area contributed by atoms with Gasteiger partial charge in [-0.1, -0.05) is 47.5 Å². The van der Waals surface area contributed by atoms with E-state index < -0.39 is 36.9 Å². The van der Waals surface area contributed by atoms with Crippen molar-refractivity contribution >= 4 is 23.2 Å². The fraction of sp³-hybridized carbons (Fsp3) is 0.333. The van der Waals surface area contributed by atoms with Crippen LogP contribution in [0.4, 0.5) is 0 Å². The number of hydrogen-bond donors (Lipinski definition) is 5. The van der Waals surface area contributed by atoms with Gasteiger partial charge in [0.1, 0.15) is 18.3 Å². The first-order valence-electron chi connectivity index (χ1n) is 7.69. The molecule has 0 aliphatic carbocycles. The number of halogens is 2. The molecule has 0 aliphatic heterocycles. The second-order valence-electron chi connectivity index (χ2n) is 5.80. The van der Waals surface area contributed by atoms with E-state index in [1.165, 1.54) is 0 Å². The van der Waals surface area contributed by atoms with Gasteiger partial charge in [-0.2, -0.15) is 0 Å². The highest BCUT2D eigenvalue weighted by Gasteiger charge is 2.36. The molecule has 0 aliphatic rings. The van der Waals surface area contributed by atoms with E-state index in [9.17, 15) is 20.4 Å². The Hall–Kier alpha value is -1.18. The van der Waals surface area contributed by atoms with Gasteiger partial charge in [0.2, 0.25) is 0 Å². The van der Waals surface area contributed by atoms with Crippen molar-refractivity contribution in [3.05, 3.63) is 69.7 Å². The first kappa shape index (κ1) is 20.1. The van der Waals surface area contributed by atoms with Crippen molar-refractivity contribution in [2.45, 2.75) is 30.3 Å². The van der Waals surface area contributed by atoms with Gasteiger partial charge < -0.3 is 25.5 Å². The molecular formula is C18H20Cl2O5. The average molecular weight is 387 g/mol. The van der Waals surface area contributed by atoms with Crippen LogP contribution in [-0.2, 0) is 0 Å². The molecule has 0 fully saturated rings. The van der Waals surface area contributed by atoms with Gasteiger partial charge in [0, 0.05) is 16.0 Å². The van der Waals surface area contributed by atoms with Gasteiger partial charge in [0.25, 0.3) is 0 Å². The van der Waals surface area contributed by atoms with Crippen molar-refractivity contribution in [2.24, 2.45) is 0 Å². The monoisotopic (exact) mass is 386 g/mol. The molecule has 0 aromatic heterocycles. The van der Waals surface area contributed by atoms with Gasteiger partial charge in [-0.3, -0.25) is 0 Å². The van der Waals surface area contributed by atoms with Gasteiger partial charge in [-0.05, 0) is 35.4 Å². The summed E-state index contributed by atoms with van der Waals surface area (Å²) in [5.74, 6) is -0.704. The summed E-state index contributed by atoms with van der Waals surface area (Å²) in [5.41, 5.74) is 1.31. The molecule has 0 unspecified atom stereocenters. The molecule has 2 aromatic carbocycles. The van der Waals surface area contributed by atoms with E-state index in [1.54, 1.807) is 48.5 Å². The average Bonchev–Trinajstić information content (AvgIpc) is 2.63. The molecule has 0 amide bonds. The maximum absolute atomic E-state index is 10.7. The van der Waals surface area contributed by atoms with Crippen LogP contribution >= 0.6 is 23.2 Å². The molecule has 0 spiro atoms. The van der Waals surface area contributed by atoms with Gasteiger partial charge >= 0.3 is 0 Å². The Bertz CT molecular complexity index is 617. The molecule has 5 nitrogen and oxygen atoms in total. The number of aliphatic hydroxyl groups is 5. The summed E-state index contributed by atoms with van der Waals surface area (Å²) in [4.78, 5) is 0. The predicted octanol–water partition coefficient (Wildman–Crippen LogP) is 1.56. The predicted molar refractivity (Wildman–Crippen MR) is 95.9 cm³/mol. The molecule has 0 saturated carbocycles. The summed E-state index contributed by atoms with van der Waals surface area (Å²) in [6, 6.07) is 13.4. The van der Waals surface area contributed by atoms with Crippen LogP contribution in [0.3, 0.4) is 0 Å². The van der Waals surface area contributed by atoms with E-state index in [0.29, 0.717) is 21.2 Å². The summed E-state index contributed by atoms with van der Waals surface area (Å²) in [5, 5.41) is 50.4. The van der Waals surface area contributed by atoms with E-state index in [0.717, 1.165) is 0 Å². The summed E-state index contributed by atoms with van der Waals surface area (Å²) in [6.45, 7) is -0.739. The Morgan fingerprint density at radius 1 is 0.640 bits per heavy atom. The maximum atomic E-state index is 10.7. The van der Waals surface area contributed by atoms with E-state index in [4.69, 9.17) is 28.3 Å². The third-order valence-electron chi connectivity index (χ3n) is 4.08. The van der Waals surface area contributed by atoms with Crippen LogP contribution in [0, 0.1) is 0 Å². The number of aliphatic hydroxyl groups excluding tert-OH is 5. The van der Waals surface area contributed by atoms with E-state index in [1.807, 2.05) is 0 Å². The summed E-state index contributed by atoms with van der Waals surface area (Å²) in [6.07, 6.45) is -6.40. The molecule has 0 saturated heterocycles. The Kier molecular flexibility index (Phi) is 7.22. The highest BCUT2D eigenvalue weighted by atomic mass is 35.5. The van der Waals surface area contributed by atoms with Crippen molar-refractivity contribution in [2.75, 3.05) is 6.61 Å². The van der Waals surface area contributed by atoms with E-state index >= 15 is 0 Å². The minimum Gasteiger partial charge on any atom is -0.394 e. The van der Waals surface area contributed by atoms with Crippen LogP contribution in [0.15, 0.2) is 48.5 Å². The lowest BCUT2D eigenvalue weighted by Gasteiger charge is -2.31.